The standard InChI is InChI=1S/C20H25N3O5S2/c1-14-6-9-19(12-15(14)2)29(25,26)21-11-10-20(24)22-17-4-3-5-18(13-17)30(27,28)23-16-7-8-16/h3-6,9,12-13,16,21,23H,7-8,10-11H2,1-2H3,(H,22,24). The number of carbonyl (C=O) groups is 1. The Bertz CT molecular complexity index is 1160. The van der Waals surface area contributed by atoms with Crippen LogP contribution in [0, 0.1) is 13.8 Å². The fraction of sp³-hybridized carbons (Fsp3) is 0.350. The van der Waals surface area contributed by atoms with Crippen molar-refractivity contribution in [2.75, 3.05) is 11.9 Å². The zero-order valence-electron chi connectivity index (χ0n) is 16.8. The summed E-state index contributed by atoms with van der Waals surface area (Å²) in [6.07, 6.45) is 1.56. The Labute approximate surface area is 177 Å². The van der Waals surface area contributed by atoms with Crippen molar-refractivity contribution >= 4 is 31.6 Å². The first-order chi connectivity index (χ1) is 14.1. The number of sulfonamides is 2. The summed E-state index contributed by atoms with van der Waals surface area (Å²) in [5.41, 5.74) is 2.18. The van der Waals surface area contributed by atoms with Crippen LogP contribution in [0.1, 0.15) is 30.4 Å². The summed E-state index contributed by atoms with van der Waals surface area (Å²) in [6, 6.07) is 10.8. The Kier molecular flexibility index (Phi) is 6.61. The average molecular weight is 452 g/mol. The molecule has 2 aromatic rings. The van der Waals surface area contributed by atoms with Crippen molar-refractivity contribution in [2.24, 2.45) is 0 Å². The third-order valence-electron chi connectivity index (χ3n) is 4.76. The molecule has 3 rings (SSSR count). The molecule has 0 aliphatic heterocycles. The first-order valence-corrected chi connectivity index (χ1v) is 12.5. The molecule has 1 aliphatic rings. The lowest BCUT2D eigenvalue weighted by atomic mass is 10.1. The molecule has 1 saturated carbocycles. The van der Waals surface area contributed by atoms with Crippen molar-refractivity contribution in [3.8, 4) is 0 Å². The van der Waals surface area contributed by atoms with Crippen LogP contribution in [0.2, 0.25) is 0 Å². The minimum Gasteiger partial charge on any atom is -0.326 e. The van der Waals surface area contributed by atoms with Gasteiger partial charge in [0.2, 0.25) is 26.0 Å². The first-order valence-electron chi connectivity index (χ1n) is 9.56. The van der Waals surface area contributed by atoms with Gasteiger partial charge in [-0.1, -0.05) is 12.1 Å². The third kappa shape index (κ3) is 5.88. The van der Waals surface area contributed by atoms with E-state index in [4.69, 9.17) is 0 Å². The van der Waals surface area contributed by atoms with Gasteiger partial charge in [-0.25, -0.2) is 26.3 Å². The smallest absolute Gasteiger partial charge is 0.240 e. The third-order valence-corrected chi connectivity index (χ3v) is 7.74. The van der Waals surface area contributed by atoms with E-state index in [0.29, 0.717) is 5.69 Å². The molecule has 0 atom stereocenters. The van der Waals surface area contributed by atoms with Crippen LogP contribution >= 0.6 is 0 Å². The molecule has 0 saturated heterocycles. The summed E-state index contributed by atoms with van der Waals surface area (Å²) in [5.74, 6) is -0.428. The van der Waals surface area contributed by atoms with E-state index in [1.807, 2.05) is 13.8 Å². The van der Waals surface area contributed by atoms with Gasteiger partial charge in [-0.2, -0.15) is 0 Å². The maximum Gasteiger partial charge on any atom is 0.240 e. The predicted molar refractivity (Wildman–Crippen MR) is 114 cm³/mol. The van der Waals surface area contributed by atoms with Gasteiger partial charge in [0.1, 0.15) is 0 Å². The quantitative estimate of drug-likeness (QED) is 0.539. The second-order valence-electron chi connectivity index (χ2n) is 7.37. The van der Waals surface area contributed by atoms with Crippen LogP contribution in [0.15, 0.2) is 52.3 Å². The van der Waals surface area contributed by atoms with Gasteiger partial charge in [0.25, 0.3) is 0 Å². The highest BCUT2D eigenvalue weighted by Gasteiger charge is 2.28. The van der Waals surface area contributed by atoms with E-state index in [1.54, 1.807) is 24.3 Å². The molecule has 162 valence electrons. The number of aryl methyl sites for hydroxylation is 2. The Balaban J connectivity index is 1.55. The van der Waals surface area contributed by atoms with Crippen LogP contribution in [-0.4, -0.2) is 35.3 Å². The van der Waals surface area contributed by atoms with Crippen LogP contribution in [-0.2, 0) is 24.8 Å². The maximum atomic E-state index is 12.4. The van der Waals surface area contributed by atoms with Gasteiger partial charge in [0, 0.05) is 24.7 Å². The van der Waals surface area contributed by atoms with Gasteiger partial charge in [-0.15, -0.1) is 0 Å². The molecular formula is C20H25N3O5S2. The number of anilines is 1. The van der Waals surface area contributed by atoms with Crippen molar-refractivity contribution in [3.63, 3.8) is 0 Å². The molecule has 0 unspecified atom stereocenters. The van der Waals surface area contributed by atoms with Gasteiger partial charge in [0.05, 0.1) is 9.79 Å². The number of rotatable bonds is 9. The molecule has 0 aromatic heterocycles. The topological polar surface area (TPSA) is 121 Å². The first kappa shape index (κ1) is 22.4. The zero-order chi connectivity index (χ0) is 21.9. The summed E-state index contributed by atoms with van der Waals surface area (Å²) < 4.78 is 54.3. The van der Waals surface area contributed by atoms with Crippen molar-refractivity contribution in [2.45, 2.75) is 48.9 Å². The summed E-state index contributed by atoms with van der Waals surface area (Å²) in [4.78, 5) is 12.4. The summed E-state index contributed by atoms with van der Waals surface area (Å²) >= 11 is 0. The maximum absolute atomic E-state index is 12.4. The molecule has 10 heteroatoms. The largest absolute Gasteiger partial charge is 0.326 e. The Hall–Kier alpha value is -2.27. The minimum absolute atomic E-state index is 0.0152. The number of benzene rings is 2. The monoisotopic (exact) mass is 451 g/mol. The van der Waals surface area contributed by atoms with Gasteiger partial charge in [0.15, 0.2) is 0 Å². The second-order valence-corrected chi connectivity index (χ2v) is 10.8. The highest BCUT2D eigenvalue weighted by atomic mass is 32.2. The molecule has 0 radical (unpaired) electrons. The van der Waals surface area contributed by atoms with Crippen molar-refractivity contribution < 1.29 is 21.6 Å². The van der Waals surface area contributed by atoms with Crippen molar-refractivity contribution in [3.05, 3.63) is 53.6 Å². The lowest BCUT2D eigenvalue weighted by molar-refractivity contribution is -0.116. The fourth-order valence-corrected chi connectivity index (χ4v) is 5.18. The Morgan fingerprint density at radius 1 is 0.933 bits per heavy atom. The van der Waals surface area contributed by atoms with Crippen LogP contribution in [0.5, 0.6) is 0 Å². The van der Waals surface area contributed by atoms with Crippen LogP contribution in [0.25, 0.3) is 0 Å². The van der Waals surface area contributed by atoms with E-state index in [9.17, 15) is 21.6 Å². The van der Waals surface area contributed by atoms with Crippen LogP contribution < -0.4 is 14.8 Å². The number of nitrogens with one attached hydrogen (secondary N) is 3. The van der Waals surface area contributed by atoms with E-state index in [0.717, 1.165) is 24.0 Å². The number of hydrogen-bond donors (Lipinski definition) is 3. The highest BCUT2D eigenvalue weighted by Crippen LogP contribution is 2.23. The van der Waals surface area contributed by atoms with Gasteiger partial charge >= 0.3 is 0 Å². The average Bonchev–Trinajstić information content (AvgIpc) is 3.47. The molecular weight excluding hydrogens is 426 g/mol. The Morgan fingerprint density at radius 2 is 1.63 bits per heavy atom. The fourth-order valence-electron chi connectivity index (χ4n) is 2.72. The lowest BCUT2D eigenvalue weighted by Gasteiger charge is -2.10. The van der Waals surface area contributed by atoms with E-state index in [-0.39, 0.29) is 28.8 Å². The van der Waals surface area contributed by atoms with E-state index in [1.165, 1.54) is 18.2 Å². The van der Waals surface area contributed by atoms with Gasteiger partial charge in [-0.3, -0.25) is 4.79 Å². The van der Waals surface area contributed by atoms with E-state index >= 15 is 0 Å². The van der Waals surface area contributed by atoms with Gasteiger partial charge in [-0.05, 0) is 68.1 Å². The predicted octanol–water partition coefficient (Wildman–Crippen LogP) is 2.05. The molecule has 30 heavy (non-hydrogen) atoms. The van der Waals surface area contributed by atoms with Crippen molar-refractivity contribution in [1.82, 2.24) is 9.44 Å². The molecule has 1 fully saturated rings. The summed E-state index contributed by atoms with van der Waals surface area (Å²) in [7, 11) is -7.34. The normalized spacial score (nSPS) is 14.5. The number of carbonyl (C=O) groups excluding carboxylic acids is 1. The lowest BCUT2D eigenvalue weighted by Crippen LogP contribution is -2.28. The molecule has 1 amide bonds. The van der Waals surface area contributed by atoms with Crippen LogP contribution in [0.3, 0.4) is 0 Å². The molecule has 0 spiro atoms. The minimum atomic E-state index is -3.72. The van der Waals surface area contributed by atoms with E-state index < -0.39 is 26.0 Å². The van der Waals surface area contributed by atoms with Crippen LogP contribution in [0.4, 0.5) is 5.69 Å². The molecule has 8 nitrogen and oxygen atoms in total. The zero-order valence-corrected chi connectivity index (χ0v) is 18.4. The molecule has 1 aliphatic carbocycles. The van der Waals surface area contributed by atoms with Crippen molar-refractivity contribution in [1.29, 1.82) is 0 Å². The number of amides is 1. The highest BCUT2D eigenvalue weighted by molar-refractivity contribution is 7.89. The molecule has 0 heterocycles. The van der Waals surface area contributed by atoms with Gasteiger partial charge < -0.3 is 5.32 Å². The Morgan fingerprint density at radius 3 is 2.30 bits per heavy atom. The summed E-state index contributed by atoms with van der Waals surface area (Å²) in [5, 5.41) is 2.60. The molecule has 2 aromatic carbocycles. The van der Waals surface area contributed by atoms with E-state index in [2.05, 4.69) is 14.8 Å². The second kappa shape index (κ2) is 8.84. The molecule has 0 bridgehead atoms. The molecule has 3 N–H and O–H groups in total. The number of hydrogen-bond acceptors (Lipinski definition) is 5. The summed E-state index contributed by atoms with van der Waals surface area (Å²) in [6.45, 7) is 3.64. The SMILES string of the molecule is Cc1ccc(S(=O)(=O)NCCC(=O)Nc2cccc(S(=O)(=O)NC3CC3)c2)cc1C.